The Bertz CT molecular complexity index is 948. The van der Waals surface area contributed by atoms with Gasteiger partial charge in [-0.25, -0.2) is 0 Å². The van der Waals surface area contributed by atoms with Gasteiger partial charge in [0.15, 0.2) is 0 Å². The number of anilines is 1. The average molecular weight is 390 g/mol. The lowest BCUT2D eigenvalue weighted by Gasteiger charge is -2.28. The molecule has 140 valence electrons. The molecule has 0 amide bonds. The summed E-state index contributed by atoms with van der Waals surface area (Å²) in [6.07, 6.45) is -4.36. The van der Waals surface area contributed by atoms with Crippen LogP contribution in [0.3, 0.4) is 0 Å². The minimum atomic E-state index is -4.99. The van der Waals surface area contributed by atoms with Crippen molar-refractivity contribution in [2.75, 3.05) is 11.9 Å². The second-order valence-electron chi connectivity index (χ2n) is 5.54. The first-order chi connectivity index (χ1) is 12.1. The number of nitrogens with one attached hydrogen (secondary N) is 1. The number of hydrogen-bond donors (Lipinski definition) is 2. The quantitative estimate of drug-likeness (QED) is 0.493. The Balaban J connectivity index is 1.82. The lowest BCUT2D eigenvalue weighted by atomic mass is 9.96. The fourth-order valence-corrected chi connectivity index (χ4v) is 3.20. The molecule has 0 aliphatic rings. The topological polar surface area (TPSA) is 106 Å². The molecule has 0 radical (unpaired) electrons. The Morgan fingerprint density at radius 3 is 2.77 bits per heavy atom. The first kappa shape index (κ1) is 18.2. The van der Waals surface area contributed by atoms with E-state index in [1.54, 1.807) is 5.38 Å². The van der Waals surface area contributed by atoms with Crippen molar-refractivity contribution in [3.8, 4) is 0 Å². The maximum atomic E-state index is 13.4. The van der Waals surface area contributed by atoms with Crippen LogP contribution in [-0.4, -0.2) is 32.1 Å². The summed E-state index contributed by atoms with van der Waals surface area (Å²) in [5.41, 5.74) is -3.22. The number of halogens is 3. The second-order valence-corrected chi connectivity index (χ2v) is 6.41. The summed E-state index contributed by atoms with van der Waals surface area (Å²) < 4.78 is 46.3. The molecule has 0 aliphatic carbocycles. The molecule has 2 N–H and O–H groups in total. The Kier molecular flexibility index (Phi) is 4.40. The summed E-state index contributed by atoms with van der Waals surface area (Å²) in [4.78, 5) is 14.8. The van der Waals surface area contributed by atoms with Crippen molar-refractivity contribution in [3.05, 3.63) is 45.3 Å². The number of imidazole rings is 1. The summed E-state index contributed by atoms with van der Waals surface area (Å²) in [5.74, 6) is -0.960. The maximum absolute atomic E-state index is 13.4. The molecule has 3 aromatic rings. The number of nitrogens with zero attached hydrogens (tertiary/aromatic N) is 3. The fraction of sp³-hybridized carbons (Fsp3) is 0.357. The Labute approximate surface area is 148 Å². The van der Waals surface area contributed by atoms with Gasteiger partial charge in [-0.05, 0) is 24.0 Å². The molecule has 1 unspecified atom stereocenters. The average Bonchev–Trinajstić information content (AvgIpc) is 3.20. The summed E-state index contributed by atoms with van der Waals surface area (Å²) in [6.45, 7) is 1.04. The van der Waals surface area contributed by atoms with Gasteiger partial charge in [0.25, 0.3) is 4.96 Å². The molecular weight excluding hydrogens is 377 g/mol. The normalized spacial score (nSPS) is 14.5. The highest BCUT2D eigenvalue weighted by molar-refractivity contribution is 7.15. The van der Waals surface area contributed by atoms with Gasteiger partial charge in [0.2, 0.25) is 11.4 Å². The van der Waals surface area contributed by atoms with E-state index in [9.17, 15) is 28.4 Å². The van der Waals surface area contributed by atoms with Gasteiger partial charge in [0.1, 0.15) is 17.7 Å². The zero-order chi connectivity index (χ0) is 19.1. The van der Waals surface area contributed by atoms with Crippen LogP contribution < -0.4 is 5.32 Å². The molecule has 3 rings (SSSR count). The predicted molar refractivity (Wildman–Crippen MR) is 86.2 cm³/mol. The van der Waals surface area contributed by atoms with Gasteiger partial charge < -0.3 is 25.0 Å². The largest absolute Gasteiger partial charge is 0.463 e. The molecule has 26 heavy (non-hydrogen) atoms. The van der Waals surface area contributed by atoms with Crippen molar-refractivity contribution in [2.45, 2.75) is 25.1 Å². The van der Waals surface area contributed by atoms with E-state index in [1.807, 2.05) is 0 Å². The van der Waals surface area contributed by atoms with Crippen LogP contribution in [0.5, 0.6) is 0 Å². The number of rotatable bonds is 6. The van der Waals surface area contributed by atoms with Gasteiger partial charge in [-0.3, -0.25) is 0 Å². The van der Waals surface area contributed by atoms with E-state index in [1.165, 1.54) is 23.6 Å². The highest BCUT2D eigenvalue weighted by Gasteiger charge is 2.56. The third kappa shape index (κ3) is 3.01. The standard InChI is InChI=1S/C14H13F3N4O4S/c1-8-2-3-9(25-8)13(22,14(15,16)17)4-5-18-10-11(21(23)24)20-6-7-26-12(20)19-10/h2-3,6-7,18,22H,4-5H2,1H3. The minimum Gasteiger partial charge on any atom is -0.463 e. The lowest BCUT2D eigenvalue weighted by molar-refractivity contribution is -0.389. The smallest absolute Gasteiger partial charge is 0.424 e. The number of aromatic nitrogens is 2. The maximum Gasteiger partial charge on any atom is 0.424 e. The van der Waals surface area contributed by atoms with Crippen LogP contribution >= 0.6 is 11.3 Å². The van der Waals surface area contributed by atoms with Crippen LogP contribution in [0, 0.1) is 17.0 Å². The van der Waals surface area contributed by atoms with Gasteiger partial charge in [-0.15, -0.1) is 0 Å². The van der Waals surface area contributed by atoms with Crippen LogP contribution in [0.25, 0.3) is 4.96 Å². The van der Waals surface area contributed by atoms with Crippen molar-refractivity contribution in [3.63, 3.8) is 0 Å². The molecule has 0 aliphatic heterocycles. The number of nitro groups is 1. The van der Waals surface area contributed by atoms with Gasteiger partial charge in [0.05, 0.1) is 0 Å². The van der Waals surface area contributed by atoms with Crippen LogP contribution in [0.2, 0.25) is 0 Å². The van der Waals surface area contributed by atoms with Crippen LogP contribution in [-0.2, 0) is 5.60 Å². The van der Waals surface area contributed by atoms with Crippen molar-refractivity contribution >= 4 is 27.9 Å². The van der Waals surface area contributed by atoms with E-state index in [4.69, 9.17) is 4.42 Å². The molecule has 1 atom stereocenters. The third-order valence-electron chi connectivity index (χ3n) is 3.81. The molecule has 0 saturated carbocycles. The molecule has 12 heteroatoms. The van der Waals surface area contributed by atoms with Crippen LogP contribution in [0.15, 0.2) is 28.1 Å². The van der Waals surface area contributed by atoms with Gasteiger partial charge in [-0.2, -0.15) is 22.6 Å². The van der Waals surface area contributed by atoms with E-state index >= 15 is 0 Å². The van der Waals surface area contributed by atoms with Gasteiger partial charge >= 0.3 is 12.0 Å². The van der Waals surface area contributed by atoms with Gasteiger partial charge in [0, 0.05) is 18.3 Å². The summed E-state index contributed by atoms with van der Waals surface area (Å²) in [6, 6.07) is 2.37. The van der Waals surface area contributed by atoms with E-state index in [0.29, 0.717) is 4.96 Å². The van der Waals surface area contributed by atoms with Crippen molar-refractivity contribution in [2.24, 2.45) is 0 Å². The Morgan fingerprint density at radius 1 is 1.46 bits per heavy atom. The molecule has 3 aromatic heterocycles. The number of fused-ring (bicyclic) bond motifs is 1. The molecule has 0 spiro atoms. The highest BCUT2D eigenvalue weighted by atomic mass is 32.1. The molecule has 0 fully saturated rings. The first-order valence-electron chi connectivity index (χ1n) is 7.33. The number of aryl methyl sites for hydroxylation is 1. The molecule has 0 saturated heterocycles. The fourth-order valence-electron chi connectivity index (χ4n) is 2.49. The summed E-state index contributed by atoms with van der Waals surface area (Å²) in [7, 11) is 0. The number of thiazole rings is 1. The molecule has 8 nitrogen and oxygen atoms in total. The monoisotopic (exact) mass is 390 g/mol. The summed E-state index contributed by atoms with van der Waals surface area (Å²) >= 11 is 1.15. The number of furan rings is 1. The molecule has 3 heterocycles. The zero-order valence-corrected chi connectivity index (χ0v) is 14.1. The molecule has 0 aromatic carbocycles. The lowest BCUT2D eigenvalue weighted by Crippen LogP contribution is -2.43. The number of aliphatic hydroxyl groups is 1. The minimum absolute atomic E-state index is 0.165. The second kappa shape index (κ2) is 6.29. The van der Waals surface area contributed by atoms with Crippen molar-refractivity contribution < 1.29 is 27.6 Å². The van der Waals surface area contributed by atoms with E-state index in [0.717, 1.165) is 17.4 Å². The number of alkyl halides is 3. The van der Waals surface area contributed by atoms with Gasteiger partial charge in [-0.1, -0.05) is 11.3 Å². The van der Waals surface area contributed by atoms with E-state index in [2.05, 4.69) is 10.3 Å². The zero-order valence-electron chi connectivity index (χ0n) is 13.3. The predicted octanol–water partition coefficient (Wildman–Crippen LogP) is 3.46. The SMILES string of the molecule is Cc1ccc(C(O)(CCNc2nc3sccn3c2[N+](=O)[O-])C(F)(F)F)o1. The summed E-state index contributed by atoms with van der Waals surface area (Å²) in [5, 5.41) is 25.5. The van der Waals surface area contributed by atoms with Crippen LogP contribution in [0.4, 0.5) is 24.8 Å². The highest BCUT2D eigenvalue weighted by Crippen LogP contribution is 2.42. The van der Waals surface area contributed by atoms with Crippen LogP contribution in [0.1, 0.15) is 17.9 Å². The van der Waals surface area contributed by atoms with Crippen molar-refractivity contribution in [1.29, 1.82) is 0 Å². The number of hydrogen-bond acceptors (Lipinski definition) is 7. The Hall–Kier alpha value is -2.60. The Morgan fingerprint density at radius 2 is 2.19 bits per heavy atom. The first-order valence-corrected chi connectivity index (χ1v) is 8.21. The van der Waals surface area contributed by atoms with Crippen molar-refractivity contribution in [1.82, 2.24) is 9.38 Å². The molecule has 0 bridgehead atoms. The van der Waals surface area contributed by atoms with E-state index < -0.39 is 35.4 Å². The van der Waals surface area contributed by atoms with E-state index in [-0.39, 0.29) is 17.4 Å². The third-order valence-corrected chi connectivity index (χ3v) is 4.56. The molecular formula is C14H13F3N4O4S.